The number of hydrogen-bond acceptors (Lipinski definition) is 10. The molecule has 0 radical (unpaired) electrons. The van der Waals surface area contributed by atoms with E-state index in [4.69, 9.17) is 5.73 Å². The number of carbonyl (C=O) groups is 3. The van der Waals surface area contributed by atoms with Crippen molar-refractivity contribution in [2.24, 2.45) is 17.6 Å². The van der Waals surface area contributed by atoms with E-state index in [0.29, 0.717) is 13.0 Å². The third kappa shape index (κ3) is 3.96. The Hall–Kier alpha value is -3.32. The number of ketones is 2. The van der Waals surface area contributed by atoms with Gasteiger partial charge in [0.2, 0.25) is 5.78 Å². The summed E-state index contributed by atoms with van der Waals surface area (Å²) in [7, 11) is 3.03. The highest BCUT2D eigenvalue weighted by molar-refractivity contribution is 6.24. The molecule has 1 heterocycles. The maximum Gasteiger partial charge on any atom is 0.255 e. The van der Waals surface area contributed by atoms with Gasteiger partial charge in [-0.15, -0.1) is 0 Å². The molecule has 0 unspecified atom stereocenters. The normalized spacial score (nSPS) is 30.6. The minimum Gasteiger partial charge on any atom is -0.508 e. The number of aliphatic hydroxyl groups excluding tert-OH is 3. The van der Waals surface area contributed by atoms with Gasteiger partial charge in [-0.2, -0.15) is 0 Å². The number of benzene rings is 1. The van der Waals surface area contributed by atoms with E-state index in [1.165, 1.54) is 25.1 Å². The number of amides is 1. The molecule has 0 spiro atoms. The predicted molar refractivity (Wildman–Crippen MR) is 139 cm³/mol. The molecular formula is C28H34FN3O8. The van der Waals surface area contributed by atoms with Gasteiger partial charge in [0.1, 0.15) is 28.7 Å². The van der Waals surface area contributed by atoms with Crippen LogP contribution in [-0.2, 0) is 27.3 Å². The Morgan fingerprint density at radius 3 is 2.58 bits per heavy atom. The molecule has 4 aliphatic rings. The average molecular weight is 560 g/mol. The summed E-state index contributed by atoms with van der Waals surface area (Å²) in [5, 5.41) is 54.0. The van der Waals surface area contributed by atoms with Crippen LogP contribution in [0.1, 0.15) is 42.4 Å². The van der Waals surface area contributed by atoms with Crippen molar-refractivity contribution in [3.05, 3.63) is 45.5 Å². The Kier molecular flexibility index (Phi) is 7.02. The lowest BCUT2D eigenvalue weighted by atomic mass is 9.57. The first-order valence-electron chi connectivity index (χ1n) is 13.4. The van der Waals surface area contributed by atoms with Crippen LogP contribution < -0.4 is 5.73 Å². The van der Waals surface area contributed by atoms with Crippen molar-refractivity contribution in [2.45, 2.75) is 56.3 Å². The van der Waals surface area contributed by atoms with E-state index in [2.05, 4.69) is 0 Å². The molecule has 40 heavy (non-hydrogen) atoms. The molecule has 1 amide bonds. The van der Waals surface area contributed by atoms with E-state index in [1.54, 1.807) is 0 Å². The second-order valence-electron chi connectivity index (χ2n) is 11.5. The van der Waals surface area contributed by atoms with Crippen molar-refractivity contribution < 1.29 is 44.3 Å². The van der Waals surface area contributed by atoms with Gasteiger partial charge in [0.05, 0.1) is 11.6 Å². The molecule has 0 aromatic heterocycles. The summed E-state index contributed by atoms with van der Waals surface area (Å²) in [6, 6.07) is 0.0727. The van der Waals surface area contributed by atoms with Gasteiger partial charge in [0, 0.05) is 41.8 Å². The van der Waals surface area contributed by atoms with Crippen LogP contribution in [0.2, 0.25) is 0 Å². The van der Waals surface area contributed by atoms with Gasteiger partial charge in [0.25, 0.3) is 5.91 Å². The first kappa shape index (κ1) is 28.2. The number of rotatable bonds is 6. The Bertz CT molecular complexity index is 1370. The molecule has 1 aromatic rings. The second kappa shape index (κ2) is 9.95. The molecule has 12 heteroatoms. The number of nitrogens with zero attached hydrogens (tertiary/aromatic N) is 2. The van der Waals surface area contributed by atoms with Gasteiger partial charge < -0.3 is 31.3 Å². The van der Waals surface area contributed by atoms with Crippen LogP contribution in [0.3, 0.4) is 0 Å². The van der Waals surface area contributed by atoms with E-state index < -0.39 is 69.6 Å². The van der Waals surface area contributed by atoms with Crippen LogP contribution in [0.25, 0.3) is 5.76 Å². The van der Waals surface area contributed by atoms with Gasteiger partial charge in [0.15, 0.2) is 11.4 Å². The third-order valence-electron chi connectivity index (χ3n) is 9.06. The van der Waals surface area contributed by atoms with Crippen molar-refractivity contribution in [2.75, 3.05) is 27.2 Å². The zero-order valence-corrected chi connectivity index (χ0v) is 22.4. The number of phenolic OH excluding ortho intramolecular Hbond substituents is 1. The fraction of sp³-hybridized carbons (Fsp3) is 0.536. The van der Waals surface area contributed by atoms with E-state index in [0.717, 1.165) is 12.8 Å². The Balaban J connectivity index is 1.61. The number of nitrogens with two attached hydrogens (primary N) is 1. The Morgan fingerprint density at radius 1 is 1.25 bits per heavy atom. The molecule has 2 fully saturated rings. The molecule has 1 aromatic carbocycles. The van der Waals surface area contributed by atoms with Crippen molar-refractivity contribution in [3.63, 3.8) is 0 Å². The molecule has 216 valence electrons. The maximum absolute atomic E-state index is 16.0. The van der Waals surface area contributed by atoms with E-state index in [-0.39, 0.29) is 54.3 Å². The number of carbonyl (C=O) groups excluding carboxylic acids is 3. The summed E-state index contributed by atoms with van der Waals surface area (Å²) in [5.74, 6) is -8.34. The zero-order chi connectivity index (χ0) is 29.3. The fourth-order valence-corrected chi connectivity index (χ4v) is 7.26. The summed E-state index contributed by atoms with van der Waals surface area (Å²) in [5.41, 5.74) is 1.32. The molecule has 0 bridgehead atoms. The van der Waals surface area contributed by atoms with Crippen molar-refractivity contribution in [1.82, 2.24) is 9.80 Å². The first-order valence-corrected chi connectivity index (χ1v) is 13.4. The summed E-state index contributed by atoms with van der Waals surface area (Å²) in [6.45, 7) is 0.900. The van der Waals surface area contributed by atoms with Crippen LogP contribution in [0.4, 0.5) is 4.39 Å². The smallest absolute Gasteiger partial charge is 0.255 e. The van der Waals surface area contributed by atoms with Crippen LogP contribution >= 0.6 is 0 Å². The topological polar surface area (TPSA) is 185 Å². The standard InChI is InChI=1S/C28H34FN3O8/c1-31(2)22-16-9-12-8-15-19(17(34)10-13(21(15)29)11-32-6-3-4-14(32)5-7-33)23(35)18(12)25(37)28(16,40)26(38)20(24(22)36)27(30)39/h10,12,14,16,22,33-35,38,40H,3-9,11H2,1-2H3,(H2,30,39)/t12-,14-,16-,22-,28-/m0/s1. The highest BCUT2D eigenvalue weighted by atomic mass is 19.1. The minimum atomic E-state index is -2.74. The summed E-state index contributed by atoms with van der Waals surface area (Å²) >= 11 is 0. The number of hydrogen-bond donors (Lipinski definition) is 6. The van der Waals surface area contributed by atoms with Gasteiger partial charge in [-0.25, -0.2) is 4.39 Å². The van der Waals surface area contributed by atoms with Crippen molar-refractivity contribution >= 4 is 23.2 Å². The molecule has 7 N–H and O–H groups in total. The highest BCUT2D eigenvalue weighted by Crippen LogP contribution is 2.53. The lowest BCUT2D eigenvalue weighted by Crippen LogP contribution is -2.65. The Morgan fingerprint density at radius 2 is 1.95 bits per heavy atom. The number of primary amides is 1. The minimum absolute atomic E-state index is 0.00583. The third-order valence-corrected chi connectivity index (χ3v) is 9.06. The lowest BCUT2D eigenvalue weighted by Gasteiger charge is -2.50. The monoisotopic (exact) mass is 559 g/mol. The molecule has 5 rings (SSSR count). The largest absolute Gasteiger partial charge is 0.508 e. The summed E-state index contributed by atoms with van der Waals surface area (Å²) in [4.78, 5) is 42.5. The molecule has 11 nitrogen and oxygen atoms in total. The number of aliphatic hydroxyl groups is 4. The lowest BCUT2D eigenvalue weighted by molar-refractivity contribution is -0.153. The number of phenols is 1. The molecular weight excluding hydrogens is 525 g/mol. The molecule has 5 atom stereocenters. The van der Waals surface area contributed by atoms with Crippen LogP contribution in [0.15, 0.2) is 23.0 Å². The quantitative estimate of drug-likeness (QED) is 0.267. The second-order valence-corrected chi connectivity index (χ2v) is 11.5. The zero-order valence-electron chi connectivity index (χ0n) is 22.4. The van der Waals surface area contributed by atoms with Crippen LogP contribution in [0.5, 0.6) is 5.75 Å². The van der Waals surface area contributed by atoms with Gasteiger partial charge in [-0.05, 0) is 64.7 Å². The summed E-state index contributed by atoms with van der Waals surface area (Å²) in [6.07, 6.45) is 2.09. The number of halogens is 1. The van der Waals surface area contributed by atoms with Gasteiger partial charge >= 0.3 is 0 Å². The Labute approximate surface area is 230 Å². The van der Waals surface area contributed by atoms with E-state index in [9.17, 15) is 39.9 Å². The molecule has 1 aliphatic heterocycles. The average Bonchev–Trinajstić information content (AvgIpc) is 3.30. The van der Waals surface area contributed by atoms with Crippen LogP contribution in [-0.4, -0.2) is 97.7 Å². The van der Waals surface area contributed by atoms with E-state index >= 15 is 4.39 Å². The van der Waals surface area contributed by atoms with Crippen LogP contribution in [0, 0.1) is 17.7 Å². The molecule has 3 aliphatic carbocycles. The molecule has 1 saturated carbocycles. The number of fused-ring (bicyclic) bond motifs is 3. The van der Waals surface area contributed by atoms with E-state index in [1.807, 2.05) is 4.90 Å². The number of Topliss-reactive ketones (excluding diaryl/α,β-unsaturated/α-hetero) is 2. The fourth-order valence-electron chi connectivity index (χ4n) is 7.26. The van der Waals surface area contributed by atoms with Crippen molar-refractivity contribution in [3.8, 4) is 5.75 Å². The van der Waals surface area contributed by atoms with Gasteiger partial charge in [-0.3, -0.25) is 24.2 Å². The maximum atomic E-state index is 16.0. The highest BCUT2D eigenvalue weighted by Gasteiger charge is 2.64. The summed E-state index contributed by atoms with van der Waals surface area (Å²) < 4.78 is 16.0. The number of aromatic hydroxyl groups is 1. The van der Waals surface area contributed by atoms with Crippen molar-refractivity contribution in [1.29, 1.82) is 0 Å². The first-order chi connectivity index (χ1) is 18.8. The SMILES string of the molecule is CN(C)[C@@H]1C(=O)C(C(N)=O)=C(O)[C@@]2(O)C(=O)C3=C(O)c4c(O)cc(CN5CCC[C@H]5CCO)c(F)c4C[C@H]3C[C@@H]12. The number of likely N-dealkylation sites (tertiary alicyclic amines) is 1. The number of likely N-dealkylation sites (N-methyl/N-ethyl adjacent to an activating group) is 1. The molecule has 1 saturated heterocycles. The van der Waals surface area contributed by atoms with Gasteiger partial charge in [-0.1, -0.05) is 0 Å². The predicted octanol–water partition coefficient (Wildman–Crippen LogP) is 0.450.